The van der Waals surface area contributed by atoms with Crippen LogP contribution in [0.1, 0.15) is 43.1 Å². The Morgan fingerprint density at radius 1 is 1.09 bits per heavy atom. The molecule has 3 aromatic carbocycles. The summed E-state index contributed by atoms with van der Waals surface area (Å²) in [5, 5.41) is 5.09. The molecule has 4 rings (SSSR count). The zero-order valence-electron chi connectivity index (χ0n) is 19.7. The molecule has 0 aliphatic heterocycles. The summed E-state index contributed by atoms with van der Waals surface area (Å²) in [6.07, 6.45) is 2.45. The van der Waals surface area contributed by atoms with Crippen LogP contribution in [0.25, 0.3) is 10.9 Å². The van der Waals surface area contributed by atoms with Crippen molar-refractivity contribution < 1.29 is 9.47 Å². The number of nitrogens with zero attached hydrogens (tertiary/aromatic N) is 3. The van der Waals surface area contributed by atoms with Crippen LogP contribution < -0.4 is 15.0 Å². The van der Waals surface area contributed by atoms with E-state index in [9.17, 15) is 4.79 Å². The van der Waals surface area contributed by atoms with Crippen LogP contribution in [0, 0.1) is 0 Å². The Morgan fingerprint density at radius 2 is 1.83 bits per heavy atom. The highest BCUT2D eigenvalue weighted by atomic mass is 79.9. The molecule has 0 saturated carbocycles. The lowest BCUT2D eigenvalue weighted by Gasteiger charge is -2.15. The van der Waals surface area contributed by atoms with Crippen LogP contribution in [-0.2, 0) is 6.61 Å². The van der Waals surface area contributed by atoms with E-state index in [1.807, 2.05) is 61.5 Å². The number of para-hydroxylation sites is 1. The summed E-state index contributed by atoms with van der Waals surface area (Å²) in [6, 6.07) is 19.0. The Labute approximate surface area is 220 Å². The van der Waals surface area contributed by atoms with E-state index in [2.05, 4.69) is 43.9 Å². The monoisotopic (exact) mass is 597 g/mol. The molecule has 0 saturated heterocycles. The van der Waals surface area contributed by atoms with Crippen molar-refractivity contribution in [1.82, 2.24) is 9.66 Å². The molecule has 0 fully saturated rings. The molecule has 1 aromatic heterocycles. The van der Waals surface area contributed by atoms with Gasteiger partial charge in [-0.05, 0) is 54.4 Å². The van der Waals surface area contributed by atoms with E-state index in [0.717, 1.165) is 20.9 Å². The van der Waals surface area contributed by atoms with Gasteiger partial charge in [-0.25, -0.2) is 4.98 Å². The van der Waals surface area contributed by atoms with Crippen molar-refractivity contribution in [2.24, 2.45) is 5.10 Å². The van der Waals surface area contributed by atoms with Crippen molar-refractivity contribution in [3.05, 3.63) is 96.9 Å². The Hall–Kier alpha value is -2.97. The van der Waals surface area contributed by atoms with Crippen LogP contribution in [0.5, 0.6) is 11.5 Å². The van der Waals surface area contributed by atoms with Crippen molar-refractivity contribution in [2.45, 2.75) is 32.8 Å². The first kappa shape index (κ1) is 25.1. The quantitative estimate of drug-likeness (QED) is 0.207. The SMILES string of the molecule is CC[C@H](C)c1nc2ccc(Br)cc2c(=O)n1N=Cc1cccc(OC)c1OCc1ccc(Br)cc1. The van der Waals surface area contributed by atoms with Gasteiger partial charge in [-0.2, -0.15) is 9.78 Å². The van der Waals surface area contributed by atoms with E-state index in [-0.39, 0.29) is 11.5 Å². The first-order chi connectivity index (χ1) is 16.9. The molecule has 35 heavy (non-hydrogen) atoms. The first-order valence-corrected chi connectivity index (χ1v) is 12.8. The van der Waals surface area contributed by atoms with Crippen LogP contribution in [0.15, 0.2) is 79.5 Å². The molecule has 0 aliphatic carbocycles. The van der Waals surface area contributed by atoms with Crippen LogP contribution in [0.2, 0.25) is 0 Å². The van der Waals surface area contributed by atoms with Crippen molar-refractivity contribution in [2.75, 3.05) is 7.11 Å². The summed E-state index contributed by atoms with van der Waals surface area (Å²) in [6.45, 7) is 4.46. The molecule has 0 aliphatic rings. The van der Waals surface area contributed by atoms with E-state index < -0.39 is 0 Å². The number of ether oxygens (including phenoxy) is 2. The summed E-state index contributed by atoms with van der Waals surface area (Å²) >= 11 is 6.90. The van der Waals surface area contributed by atoms with Gasteiger partial charge < -0.3 is 9.47 Å². The van der Waals surface area contributed by atoms with Crippen LogP contribution >= 0.6 is 31.9 Å². The molecule has 8 heteroatoms. The fraction of sp³-hybridized carbons (Fsp3) is 0.222. The number of rotatable bonds is 8. The molecule has 6 nitrogen and oxygen atoms in total. The zero-order chi connectivity index (χ0) is 24.9. The number of halogens is 2. The number of hydrogen-bond acceptors (Lipinski definition) is 5. The normalized spacial score (nSPS) is 12.3. The maximum absolute atomic E-state index is 13.4. The van der Waals surface area contributed by atoms with Gasteiger partial charge in [0.15, 0.2) is 11.5 Å². The van der Waals surface area contributed by atoms with E-state index >= 15 is 0 Å². The van der Waals surface area contributed by atoms with Gasteiger partial charge in [0.25, 0.3) is 5.56 Å². The Balaban J connectivity index is 1.76. The van der Waals surface area contributed by atoms with Crippen molar-refractivity contribution in [3.63, 3.8) is 0 Å². The van der Waals surface area contributed by atoms with Gasteiger partial charge in [0.1, 0.15) is 12.4 Å². The van der Waals surface area contributed by atoms with Gasteiger partial charge in [-0.15, -0.1) is 0 Å². The summed E-state index contributed by atoms with van der Waals surface area (Å²) in [4.78, 5) is 18.2. The van der Waals surface area contributed by atoms with Crippen LogP contribution in [0.3, 0.4) is 0 Å². The largest absolute Gasteiger partial charge is 0.493 e. The standard InChI is InChI=1S/C27H25Br2N3O3/c1-4-17(2)26-31-23-13-12-21(29)14-22(23)27(33)32(26)30-15-19-6-5-7-24(34-3)25(19)35-16-18-8-10-20(28)11-9-18/h5-15,17H,4,16H2,1-3H3/t17-/m0/s1. The van der Waals surface area contributed by atoms with Gasteiger partial charge in [0.05, 0.1) is 24.2 Å². The average Bonchev–Trinajstić information content (AvgIpc) is 2.87. The van der Waals surface area contributed by atoms with Gasteiger partial charge >= 0.3 is 0 Å². The van der Waals surface area contributed by atoms with Crippen LogP contribution in [0.4, 0.5) is 0 Å². The third-order valence-electron chi connectivity index (χ3n) is 5.72. The van der Waals surface area contributed by atoms with Gasteiger partial charge in [0.2, 0.25) is 0 Å². The molecule has 1 heterocycles. The molecule has 0 amide bonds. The number of benzene rings is 3. The third-order valence-corrected chi connectivity index (χ3v) is 6.75. The average molecular weight is 599 g/mol. The maximum atomic E-state index is 13.4. The van der Waals surface area contributed by atoms with E-state index in [1.165, 1.54) is 4.68 Å². The predicted molar refractivity (Wildman–Crippen MR) is 147 cm³/mol. The lowest BCUT2D eigenvalue weighted by atomic mass is 10.1. The fourth-order valence-electron chi connectivity index (χ4n) is 3.58. The molecule has 180 valence electrons. The summed E-state index contributed by atoms with van der Waals surface area (Å²) in [7, 11) is 1.60. The topological polar surface area (TPSA) is 65.7 Å². The Morgan fingerprint density at radius 3 is 2.54 bits per heavy atom. The lowest BCUT2D eigenvalue weighted by Crippen LogP contribution is -2.23. The van der Waals surface area contributed by atoms with Gasteiger partial charge in [-0.1, -0.05) is 63.9 Å². The zero-order valence-corrected chi connectivity index (χ0v) is 22.8. The Bertz CT molecular complexity index is 1430. The third kappa shape index (κ3) is 5.65. The molecule has 0 N–H and O–H groups in total. The molecular formula is C27H25Br2N3O3. The highest BCUT2D eigenvalue weighted by Crippen LogP contribution is 2.31. The fourth-order valence-corrected chi connectivity index (χ4v) is 4.21. The second-order valence-corrected chi connectivity index (χ2v) is 9.93. The highest BCUT2D eigenvalue weighted by molar-refractivity contribution is 9.10. The highest BCUT2D eigenvalue weighted by Gasteiger charge is 2.16. The van der Waals surface area contributed by atoms with Crippen molar-refractivity contribution >= 4 is 49.0 Å². The molecule has 0 bridgehead atoms. The Kier molecular flexibility index (Phi) is 8.03. The smallest absolute Gasteiger partial charge is 0.282 e. The number of aromatic nitrogens is 2. The second-order valence-electron chi connectivity index (χ2n) is 8.10. The lowest BCUT2D eigenvalue weighted by molar-refractivity contribution is 0.284. The predicted octanol–water partition coefficient (Wildman–Crippen LogP) is 6.90. The van der Waals surface area contributed by atoms with Gasteiger partial charge in [-0.3, -0.25) is 4.79 Å². The molecule has 0 radical (unpaired) electrons. The first-order valence-electron chi connectivity index (χ1n) is 11.2. The van der Waals surface area contributed by atoms with E-state index in [0.29, 0.717) is 40.4 Å². The molecule has 4 aromatic rings. The van der Waals surface area contributed by atoms with Gasteiger partial charge in [0, 0.05) is 20.4 Å². The number of methoxy groups -OCH3 is 1. The number of fused-ring (bicyclic) bond motifs is 1. The summed E-state index contributed by atoms with van der Waals surface area (Å²) in [5.74, 6) is 1.80. The minimum Gasteiger partial charge on any atom is -0.493 e. The van der Waals surface area contributed by atoms with Crippen LogP contribution in [-0.4, -0.2) is 23.0 Å². The number of hydrogen-bond donors (Lipinski definition) is 0. The van der Waals surface area contributed by atoms with E-state index in [4.69, 9.17) is 14.5 Å². The van der Waals surface area contributed by atoms with Crippen molar-refractivity contribution in [1.29, 1.82) is 0 Å². The minimum atomic E-state index is -0.219. The molecule has 1 atom stereocenters. The van der Waals surface area contributed by atoms with E-state index in [1.54, 1.807) is 19.4 Å². The molecule has 0 spiro atoms. The minimum absolute atomic E-state index is 0.0475. The summed E-state index contributed by atoms with van der Waals surface area (Å²) < 4.78 is 14.9. The molecular weight excluding hydrogens is 574 g/mol. The second kappa shape index (κ2) is 11.2. The summed E-state index contributed by atoms with van der Waals surface area (Å²) in [5.41, 5.74) is 2.14. The van der Waals surface area contributed by atoms with Crippen molar-refractivity contribution in [3.8, 4) is 11.5 Å². The maximum Gasteiger partial charge on any atom is 0.282 e. The molecule has 0 unspecified atom stereocenters.